The Balaban J connectivity index is 1.40. The number of hydrogen-bond donors (Lipinski definition) is 1. The van der Waals surface area contributed by atoms with E-state index in [9.17, 15) is 4.79 Å². The summed E-state index contributed by atoms with van der Waals surface area (Å²) in [7, 11) is 0. The van der Waals surface area contributed by atoms with Crippen molar-refractivity contribution in [2.75, 3.05) is 37.6 Å². The highest BCUT2D eigenvalue weighted by molar-refractivity contribution is 7.18. The zero-order chi connectivity index (χ0) is 16.5. The summed E-state index contributed by atoms with van der Waals surface area (Å²) in [6.45, 7) is 6.29. The molecule has 2 aliphatic rings. The molecule has 0 unspecified atom stereocenters. The molecule has 1 aliphatic heterocycles. The third-order valence-corrected chi connectivity index (χ3v) is 5.88. The summed E-state index contributed by atoms with van der Waals surface area (Å²) in [5.41, 5.74) is 0. The maximum absolute atomic E-state index is 11.9. The minimum Gasteiger partial charge on any atom is -0.353 e. The molecule has 0 aromatic carbocycles. The van der Waals surface area contributed by atoms with Crippen molar-refractivity contribution < 1.29 is 4.79 Å². The van der Waals surface area contributed by atoms with Gasteiger partial charge in [0.2, 0.25) is 5.91 Å². The van der Waals surface area contributed by atoms with Crippen molar-refractivity contribution in [2.45, 2.75) is 32.2 Å². The highest BCUT2D eigenvalue weighted by Gasteiger charge is 2.26. The number of thiophene rings is 1. The first kappa shape index (κ1) is 15.8. The van der Waals surface area contributed by atoms with Crippen molar-refractivity contribution in [2.24, 2.45) is 0 Å². The van der Waals surface area contributed by atoms with E-state index in [0.29, 0.717) is 12.6 Å². The van der Waals surface area contributed by atoms with Crippen LogP contribution in [0.15, 0.2) is 12.4 Å². The van der Waals surface area contributed by atoms with Gasteiger partial charge in [-0.25, -0.2) is 9.97 Å². The number of aromatic nitrogens is 2. The molecule has 2 aromatic rings. The van der Waals surface area contributed by atoms with Gasteiger partial charge in [-0.1, -0.05) is 6.92 Å². The van der Waals surface area contributed by atoms with Crippen LogP contribution in [0.4, 0.5) is 5.82 Å². The van der Waals surface area contributed by atoms with E-state index in [1.807, 2.05) is 0 Å². The van der Waals surface area contributed by atoms with Gasteiger partial charge in [-0.05, 0) is 25.3 Å². The second kappa shape index (κ2) is 6.64. The molecule has 128 valence electrons. The molecule has 0 spiro atoms. The Kier molecular flexibility index (Phi) is 4.37. The van der Waals surface area contributed by atoms with Gasteiger partial charge in [0.25, 0.3) is 0 Å². The molecule has 2 aromatic heterocycles. The first-order valence-electron chi connectivity index (χ1n) is 8.73. The number of aryl methyl sites for hydroxylation is 1. The molecule has 1 saturated carbocycles. The third kappa shape index (κ3) is 3.37. The summed E-state index contributed by atoms with van der Waals surface area (Å²) >= 11 is 1.75. The number of fused-ring (bicyclic) bond motifs is 1. The van der Waals surface area contributed by atoms with E-state index in [0.717, 1.165) is 56.1 Å². The van der Waals surface area contributed by atoms with Crippen molar-refractivity contribution >= 4 is 33.3 Å². The lowest BCUT2D eigenvalue weighted by Crippen LogP contribution is -2.50. The van der Waals surface area contributed by atoms with Crippen LogP contribution >= 0.6 is 11.3 Å². The third-order valence-electron chi connectivity index (χ3n) is 4.69. The Morgan fingerprint density at radius 2 is 2.08 bits per heavy atom. The maximum Gasteiger partial charge on any atom is 0.234 e. The number of piperazine rings is 1. The number of hydrogen-bond acceptors (Lipinski definition) is 6. The molecule has 1 saturated heterocycles. The highest BCUT2D eigenvalue weighted by atomic mass is 32.1. The summed E-state index contributed by atoms with van der Waals surface area (Å²) in [6, 6.07) is 2.67. The molecule has 0 radical (unpaired) electrons. The fraction of sp³-hybridized carbons (Fsp3) is 0.588. The standard InChI is InChI=1S/C17H23N5OS/c1-2-13-9-14-16(18-11-19-17(14)24-13)22-7-5-21(6-8-22)10-15(23)20-12-3-4-12/h9,11-12H,2-8,10H2,1H3,(H,20,23). The highest BCUT2D eigenvalue weighted by Crippen LogP contribution is 2.30. The van der Waals surface area contributed by atoms with Gasteiger partial charge in [0.1, 0.15) is 17.0 Å². The van der Waals surface area contributed by atoms with Gasteiger partial charge < -0.3 is 10.2 Å². The van der Waals surface area contributed by atoms with E-state index in [-0.39, 0.29) is 5.91 Å². The Bertz CT molecular complexity index is 734. The molecular formula is C17H23N5OS. The lowest BCUT2D eigenvalue weighted by atomic mass is 10.2. The van der Waals surface area contributed by atoms with Crippen LogP contribution in [-0.2, 0) is 11.2 Å². The lowest BCUT2D eigenvalue weighted by molar-refractivity contribution is -0.122. The van der Waals surface area contributed by atoms with Crippen LogP contribution in [0, 0.1) is 0 Å². The number of nitrogens with zero attached hydrogens (tertiary/aromatic N) is 4. The minimum atomic E-state index is 0.167. The van der Waals surface area contributed by atoms with Crippen molar-refractivity contribution in [3.05, 3.63) is 17.3 Å². The monoisotopic (exact) mass is 345 g/mol. The van der Waals surface area contributed by atoms with Crippen LogP contribution < -0.4 is 10.2 Å². The van der Waals surface area contributed by atoms with E-state index in [1.54, 1.807) is 17.7 Å². The summed E-state index contributed by atoms with van der Waals surface area (Å²) in [5.74, 6) is 1.21. The molecule has 1 amide bonds. The number of rotatable bonds is 5. The molecule has 0 bridgehead atoms. The molecular weight excluding hydrogens is 322 g/mol. The topological polar surface area (TPSA) is 61.4 Å². The van der Waals surface area contributed by atoms with Gasteiger partial charge in [0.05, 0.1) is 11.9 Å². The first-order chi connectivity index (χ1) is 11.7. The average molecular weight is 345 g/mol. The fourth-order valence-corrected chi connectivity index (χ4v) is 4.07. The normalized spacial score (nSPS) is 19.0. The summed E-state index contributed by atoms with van der Waals surface area (Å²) < 4.78 is 0. The van der Waals surface area contributed by atoms with Gasteiger partial charge in [-0.3, -0.25) is 9.69 Å². The number of carbonyl (C=O) groups excluding carboxylic acids is 1. The molecule has 24 heavy (non-hydrogen) atoms. The lowest BCUT2D eigenvalue weighted by Gasteiger charge is -2.35. The van der Waals surface area contributed by atoms with Gasteiger partial charge in [0.15, 0.2) is 0 Å². The van der Waals surface area contributed by atoms with E-state index in [2.05, 4.69) is 38.1 Å². The Morgan fingerprint density at radius 3 is 2.79 bits per heavy atom. The SMILES string of the molecule is CCc1cc2c(N3CCN(CC(=O)NC4CC4)CC3)ncnc2s1. The van der Waals surface area contributed by atoms with E-state index in [4.69, 9.17) is 0 Å². The summed E-state index contributed by atoms with van der Waals surface area (Å²) in [5, 5.41) is 4.23. The van der Waals surface area contributed by atoms with Gasteiger partial charge in [0, 0.05) is 37.1 Å². The number of nitrogens with one attached hydrogen (secondary N) is 1. The van der Waals surface area contributed by atoms with Crippen LogP contribution in [0.3, 0.4) is 0 Å². The second-order valence-electron chi connectivity index (χ2n) is 6.59. The smallest absolute Gasteiger partial charge is 0.234 e. The van der Waals surface area contributed by atoms with E-state index >= 15 is 0 Å². The Morgan fingerprint density at radius 1 is 1.29 bits per heavy atom. The summed E-state index contributed by atoms with van der Waals surface area (Å²) in [4.78, 5) is 27.9. The number of anilines is 1. The van der Waals surface area contributed by atoms with Gasteiger partial charge >= 0.3 is 0 Å². The molecule has 1 N–H and O–H groups in total. The molecule has 0 atom stereocenters. The average Bonchev–Trinajstić information content (AvgIpc) is 3.29. The predicted molar refractivity (Wildman–Crippen MR) is 96.6 cm³/mol. The van der Waals surface area contributed by atoms with Crippen molar-refractivity contribution in [3.63, 3.8) is 0 Å². The van der Waals surface area contributed by atoms with E-state index < -0.39 is 0 Å². The fourth-order valence-electron chi connectivity index (χ4n) is 3.14. The number of carbonyl (C=O) groups is 1. The van der Waals surface area contributed by atoms with Crippen LogP contribution in [-0.4, -0.2) is 59.5 Å². The zero-order valence-electron chi connectivity index (χ0n) is 14.0. The van der Waals surface area contributed by atoms with Gasteiger partial charge in [-0.15, -0.1) is 11.3 Å². The maximum atomic E-state index is 11.9. The van der Waals surface area contributed by atoms with Crippen molar-refractivity contribution in [1.82, 2.24) is 20.2 Å². The quantitative estimate of drug-likeness (QED) is 0.893. The molecule has 7 heteroatoms. The van der Waals surface area contributed by atoms with Gasteiger partial charge in [-0.2, -0.15) is 0 Å². The number of amides is 1. The molecule has 2 fully saturated rings. The largest absolute Gasteiger partial charge is 0.353 e. The summed E-state index contributed by atoms with van der Waals surface area (Å²) in [6.07, 6.45) is 4.99. The van der Waals surface area contributed by atoms with Crippen LogP contribution in [0.25, 0.3) is 10.2 Å². The molecule has 1 aliphatic carbocycles. The Labute approximate surface area is 145 Å². The van der Waals surface area contributed by atoms with Crippen LogP contribution in [0.5, 0.6) is 0 Å². The van der Waals surface area contributed by atoms with Crippen LogP contribution in [0.1, 0.15) is 24.6 Å². The van der Waals surface area contributed by atoms with E-state index in [1.165, 1.54) is 10.3 Å². The second-order valence-corrected chi connectivity index (χ2v) is 7.70. The van der Waals surface area contributed by atoms with Crippen LogP contribution in [0.2, 0.25) is 0 Å². The van der Waals surface area contributed by atoms with Crippen molar-refractivity contribution in [3.8, 4) is 0 Å². The molecule has 3 heterocycles. The zero-order valence-corrected chi connectivity index (χ0v) is 14.8. The van der Waals surface area contributed by atoms with Crippen molar-refractivity contribution in [1.29, 1.82) is 0 Å². The molecule has 6 nitrogen and oxygen atoms in total. The first-order valence-corrected chi connectivity index (χ1v) is 9.54. The Hall–Kier alpha value is -1.73. The molecule has 4 rings (SSSR count). The minimum absolute atomic E-state index is 0.167. The predicted octanol–water partition coefficient (Wildman–Crippen LogP) is 1.65.